The molecule has 0 aliphatic carbocycles. The predicted molar refractivity (Wildman–Crippen MR) is 113 cm³/mol. The monoisotopic (exact) mass is 442 g/mol. The largest absolute Gasteiger partial charge is 0.411 e. The Morgan fingerprint density at radius 3 is 2.67 bits per heavy atom. The number of thioether (sulfide) groups is 1. The molecular formula is C21H16ClFN4O2S. The van der Waals surface area contributed by atoms with E-state index in [1.165, 1.54) is 17.8 Å². The molecule has 0 spiro atoms. The van der Waals surface area contributed by atoms with Crippen molar-refractivity contribution in [2.45, 2.75) is 19.1 Å². The lowest BCUT2D eigenvalue weighted by molar-refractivity contribution is 0.102. The molecule has 0 amide bonds. The fraction of sp³-hybridized carbons (Fsp3) is 0.143. The van der Waals surface area contributed by atoms with E-state index in [0.29, 0.717) is 22.4 Å². The van der Waals surface area contributed by atoms with Crippen molar-refractivity contribution in [3.8, 4) is 17.1 Å². The molecule has 4 rings (SSSR count). The molecular weight excluding hydrogens is 427 g/mol. The molecule has 30 heavy (non-hydrogen) atoms. The third-order valence-electron chi connectivity index (χ3n) is 4.55. The van der Waals surface area contributed by atoms with Gasteiger partial charge in [-0.15, -0.1) is 10.2 Å². The van der Waals surface area contributed by atoms with Crippen LogP contribution in [-0.2, 0) is 0 Å². The quantitative estimate of drug-likeness (QED) is 0.297. The average Bonchev–Trinajstić information content (AvgIpc) is 3.33. The lowest BCUT2D eigenvalue weighted by Gasteiger charge is -2.10. The summed E-state index contributed by atoms with van der Waals surface area (Å²) in [6.45, 7) is 3.73. The number of hydrogen-bond donors (Lipinski definition) is 0. The Morgan fingerprint density at radius 2 is 1.93 bits per heavy atom. The molecule has 0 fully saturated rings. The number of aromatic nitrogens is 4. The van der Waals surface area contributed by atoms with E-state index in [-0.39, 0.29) is 16.6 Å². The Balaban J connectivity index is 1.51. The highest BCUT2D eigenvalue weighted by molar-refractivity contribution is 7.99. The summed E-state index contributed by atoms with van der Waals surface area (Å²) in [4.78, 5) is 16.8. The van der Waals surface area contributed by atoms with Gasteiger partial charge in [0.15, 0.2) is 5.78 Å². The molecule has 0 radical (unpaired) electrons. The molecule has 152 valence electrons. The maximum atomic E-state index is 13.5. The first-order valence-electron chi connectivity index (χ1n) is 8.98. The highest BCUT2D eigenvalue weighted by atomic mass is 35.5. The Labute approximate surface area is 181 Å². The summed E-state index contributed by atoms with van der Waals surface area (Å²) >= 11 is 7.09. The second-order valence-corrected chi connectivity index (χ2v) is 7.87. The van der Waals surface area contributed by atoms with Gasteiger partial charge < -0.3 is 8.98 Å². The number of rotatable bonds is 6. The standard InChI is InChI=1S/C21H16ClFN4O2S/c1-12-9-16(13(2)27(12)15-3-4-18(23)17(22)10-15)19(28)11-30-21-26-25-20(29-21)14-5-7-24-8-6-14/h3-10H,11H2,1-2H3. The zero-order valence-corrected chi connectivity index (χ0v) is 17.7. The third kappa shape index (κ3) is 4.01. The van der Waals surface area contributed by atoms with E-state index in [4.69, 9.17) is 16.0 Å². The molecule has 3 aromatic heterocycles. The molecule has 0 aliphatic rings. The Morgan fingerprint density at radius 1 is 1.17 bits per heavy atom. The van der Waals surface area contributed by atoms with Gasteiger partial charge in [0.1, 0.15) is 5.82 Å². The van der Waals surface area contributed by atoms with Crippen molar-refractivity contribution in [3.63, 3.8) is 0 Å². The second kappa shape index (κ2) is 8.41. The van der Waals surface area contributed by atoms with Crippen LogP contribution in [0.25, 0.3) is 17.1 Å². The van der Waals surface area contributed by atoms with Gasteiger partial charge >= 0.3 is 0 Å². The number of hydrogen-bond acceptors (Lipinski definition) is 6. The minimum Gasteiger partial charge on any atom is -0.411 e. The first-order chi connectivity index (χ1) is 14.4. The molecule has 9 heteroatoms. The van der Waals surface area contributed by atoms with Crippen LogP contribution in [-0.4, -0.2) is 31.3 Å². The Hall–Kier alpha value is -2.97. The molecule has 0 atom stereocenters. The lowest BCUT2D eigenvalue weighted by Crippen LogP contribution is -2.05. The summed E-state index contributed by atoms with van der Waals surface area (Å²) in [7, 11) is 0. The first kappa shape index (κ1) is 20.3. The maximum absolute atomic E-state index is 13.5. The summed E-state index contributed by atoms with van der Waals surface area (Å²) in [5.41, 5.74) is 3.64. The van der Waals surface area contributed by atoms with Crippen molar-refractivity contribution in [3.05, 3.63) is 76.6 Å². The van der Waals surface area contributed by atoms with Gasteiger partial charge in [-0.25, -0.2) is 4.39 Å². The SMILES string of the molecule is Cc1cc(C(=O)CSc2nnc(-c3ccncc3)o2)c(C)n1-c1ccc(F)c(Cl)c1. The second-order valence-electron chi connectivity index (χ2n) is 6.54. The maximum Gasteiger partial charge on any atom is 0.277 e. The topological polar surface area (TPSA) is 73.8 Å². The number of benzene rings is 1. The van der Waals surface area contributed by atoms with E-state index in [2.05, 4.69) is 15.2 Å². The molecule has 0 aliphatic heterocycles. The van der Waals surface area contributed by atoms with Crippen molar-refractivity contribution in [1.29, 1.82) is 0 Å². The minimum absolute atomic E-state index is 0.0322. The molecule has 0 saturated heterocycles. The van der Waals surface area contributed by atoms with Crippen molar-refractivity contribution in [2.24, 2.45) is 0 Å². The fourth-order valence-electron chi connectivity index (χ4n) is 3.15. The average molecular weight is 443 g/mol. The third-order valence-corrected chi connectivity index (χ3v) is 5.66. The van der Waals surface area contributed by atoms with Crippen LogP contribution in [0.4, 0.5) is 4.39 Å². The Bertz CT molecular complexity index is 1220. The summed E-state index contributed by atoms with van der Waals surface area (Å²) < 4.78 is 21.0. The van der Waals surface area contributed by atoms with Gasteiger partial charge in [0.25, 0.3) is 5.22 Å². The highest BCUT2D eigenvalue weighted by Crippen LogP contribution is 2.27. The summed E-state index contributed by atoms with van der Waals surface area (Å²) in [5.74, 6) is -0.0388. The van der Waals surface area contributed by atoms with E-state index < -0.39 is 5.82 Å². The molecule has 0 saturated carbocycles. The molecule has 0 unspecified atom stereocenters. The smallest absolute Gasteiger partial charge is 0.277 e. The van der Waals surface area contributed by atoms with Crippen molar-refractivity contribution in [2.75, 3.05) is 5.75 Å². The van der Waals surface area contributed by atoms with Crippen LogP contribution in [0.2, 0.25) is 5.02 Å². The van der Waals surface area contributed by atoms with Crippen molar-refractivity contribution < 1.29 is 13.6 Å². The van der Waals surface area contributed by atoms with Crippen LogP contribution < -0.4 is 0 Å². The van der Waals surface area contributed by atoms with Gasteiger partial charge in [0, 0.05) is 40.6 Å². The number of carbonyl (C=O) groups excluding carboxylic acids is 1. The minimum atomic E-state index is -0.485. The summed E-state index contributed by atoms with van der Waals surface area (Å²) in [6.07, 6.45) is 3.28. The van der Waals surface area contributed by atoms with Crippen molar-refractivity contribution in [1.82, 2.24) is 19.7 Å². The van der Waals surface area contributed by atoms with Crippen LogP contribution in [0, 0.1) is 19.7 Å². The Kier molecular flexibility index (Phi) is 5.69. The number of ketones is 1. The molecule has 6 nitrogen and oxygen atoms in total. The first-order valence-corrected chi connectivity index (χ1v) is 10.3. The van der Waals surface area contributed by atoms with E-state index in [1.807, 2.05) is 24.5 Å². The van der Waals surface area contributed by atoms with Gasteiger partial charge in [-0.3, -0.25) is 9.78 Å². The molecule has 0 N–H and O–H groups in total. The van der Waals surface area contributed by atoms with Gasteiger partial charge in [0.2, 0.25) is 5.89 Å². The zero-order valence-electron chi connectivity index (χ0n) is 16.1. The summed E-state index contributed by atoms with van der Waals surface area (Å²) in [6, 6.07) is 9.82. The van der Waals surface area contributed by atoms with Crippen LogP contribution in [0.1, 0.15) is 21.7 Å². The van der Waals surface area contributed by atoms with Crippen LogP contribution in [0.15, 0.2) is 58.4 Å². The number of nitrogens with zero attached hydrogens (tertiary/aromatic N) is 4. The molecule has 3 heterocycles. The highest BCUT2D eigenvalue weighted by Gasteiger charge is 2.19. The zero-order chi connectivity index (χ0) is 21.3. The fourth-order valence-corrected chi connectivity index (χ4v) is 3.97. The van der Waals surface area contributed by atoms with Crippen LogP contribution >= 0.6 is 23.4 Å². The lowest BCUT2D eigenvalue weighted by atomic mass is 10.2. The van der Waals surface area contributed by atoms with E-state index in [9.17, 15) is 9.18 Å². The number of pyridine rings is 1. The van der Waals surface area contributed by atoms with Gasteiger partial charge in [-0.1, -0.05) is 23.4 Å². The number of halogens is 2. The number of Topliss-reactive ketones (excluding diaryl/α,β-unsaturated/α-hetero) is 1. The predicted octanol–water partition coefficient (Wildman–Crippen LogP) is 5.31. The van der Waals surface area contributed by atoms with Crippen molar-refractivity contribution >= 4 is 29.1 Å². The normalized spacial score (nSPS) is 11.1. The van der Waals surface area contributed by atoms with Gasteiger partial charge in [-0.2, -0.15) is 0 Å². The number of carbonyl (C=O) groups is 1. The van der Waals surface area contributed by atoms with Crippen LogP contribution in [0.5, 0.6) is 0 Å². The van der Waals surface area contributed by atoms with E-state index >= 15 is 0 Å². The number of aryl methyl sites for hydroxylation is 1. The van der Waals surface area contributed by atoms with E-state index in [0.717, 1.165) is 17.0 Å². The molecule has 0 bridgehead atoms. The van der Waals surface area contributed by atoms with Gasteiger partial charge in [-0.05, 0) is 50.2 Å². The molecule has 1 aromatic carbocycles. The van der Waals surface area contributed by atoms with Crippen LogP contribution in [0.3, 0.4) is 0 Å². The van der Waals surface area contributed by atoms with Gasteiger partial charge in [0.05, 0.1) is 10.8 Å². The summed E-state index contributed by atoms with van der Waals surface area (Å²) in [5, 5.41) is 8.34. The molecule has 4 aromatic rings. The van der Waals surface area contributed by atoms with E-state index in [1.54, 1.807) is 36.7 Å².